The molecular formula is C20H23N3O2. The summed E-state index contributed by atoms with van der Waals surface area (Å²) in [6, 6.07) is 11.8. The fraction of sp³-hybridized carbons (Fsp3) is 0.350. The third-order valence-electron chi connectivity index (χ3n) is 4.48. The fourth-order valence-electron chi connectivity index (χ4n) is 2.88. The molecule has 0 unspecified atom stereocenters. The van der Waals surface area contributed by atoms with Gasteiger partial charge in [-0.05, 0) is 50.5 Å². The van der Waals surface area contributed by atoms with Gasteiger partial charge in [0.1, 0.15) is 11.6 Å². The van der Waals surface area contributed by atoms with E-state index < -0.39 is 0 Å². The van der Waals surface area contributed by atoms with E-state index in [-0.39, 0.29) is 18.2 Å². The number of ketones is 1. The molecule has 1 amide bonds. The number of pyridine rings is 1. The number of carbonyl (C=O) groups is 2. The normalized spacial score (nSPS) is 13.4. The van der Waals surface area contributed by atoms with Gasteiger partial charge in [-0.1, -0.05) is 18.2 Å². The fourth-order valence-corrected chi connectivity index (χ4v) is 2.88. The number of benzene rings is 1. The van der Waals surface area contributed by atoms with Crippen LogP contribution in [-0.2, 0) is 4.79 Å². The summed E-state index contributed by atoms with van der Waals surface area (Å²) in [5.74, 6) is 0.598. The molecule has 130 valence electrons. The molecule has 1 aliphatic carbocycles. The van der Waals surface area contributed by atoms with Crippen LogP contribution in [0.1, 0.15) is 35.7 Å². The number of anilines is 2. The zero-order chi connectivity index (χ0) is 18.0. The molecule has 1 aromatic carbocycles. The molecule has 0 saturated heterocycles. The second kappa shape index (κ2) is 7.05. The Hall–Kier alpha value is -2.69. The van der Waals surface area contributed by atoms with Gasteiger partial charge in [-0.15, -0.1) is 0 Å². The van der Waals surface area contributed by atoms with Crippen LogP contribution in [0, 0.1) is 6.92 Å². The number of Topliss-reactive ketones (excluding diaryl/α,β-unsaturated/α-hetero) is 1. The van der Waals surface area contributed by atoms with Crippen molar-refractivity contribution < 1.29 is 9.59 Å². The molecule has 3 rings (SSSR count). The first-order valence-electron chi connectivity index (χ1n) is 8.53. The van der Waals surface area contributed by atoms with Gasteiger partial charge in [0.05, 0.1) is 12.1 Å². The SMILES string of the molecule is CC(=O)CN(C(=O)c1ccc(N(C)C2CC2)nc1)c1ccccc1C. The van der Waals surface area contributed by atoms with Crippen molar-refractivity contribution in [3.63, 3.8) is 0 Å². The number of hydrogen-bond acceptors (Lipinski definition) is 4. The minimum Gasteiger partial charge on any atom is -0.357 e. The second-order valence-corrected chi connectivity index (χ2v) is 6.63. The first-order chi connectivity index (χ1) is 12.0. The first-order valence-corrected chi connectivity index (χ1v) is 8.53. The Morgan fingerprint density at radius 2 is 1.88 bits per heavy atom. The molecule has 0 aliphatic heterocycles. The van der Waals surface area contributed by atoms with Gasteiger partial charge in [0.25, 0.3) is 5.91 Å². The van der Waals surface area contributed by atoms with E-state index in [9.17, 15) is 9.59 Å². The Bertz CT molecular complexity index is 782. The van der Waals surface area contributed by atoms with Crippen LogP contribution in [0.25, 0.3) is 0 Å². The number of aryl methyl sites for hydroxylation is 1. The predicted molar refractivity (Wildman–Crippen MR) is 99.2 cm³/mol. The van der Waals surface area contributed by atoms with Crippen LogP contribution in [0.3, 0.4) is 0 Å². The average molecular weight is 337 g/mol. The van der Waals surface area contributed by atoms with E-state index in [4.69, 9.17) is 0 Å². The quantitative estimate of drug-likeness (QED) is 0.812. The van der Waals surface area contributed by atoms with Crippen molar-refractivity contribution in [1.29, 1.82) is 0 Å². The molecule has 5 heteroatoms. The highest BCUT2D eigenvalue weighted by molar-refractivity contribution is 6.09. The third-order valence-corrected chi connectivity index (χ3v) is 4.48. The maximum Gasteiger partial charge on any atom is 0.260 e. The molecule has 25 heavy (non-hydrogen) atoms. The van der Waals surface area contributed by atoms with E-state index >= 15 is 0 Å². The predicted octanol–water partition coefficient (Wildman–Crippen LogP) is 3.22. The Morgan fingerprint density at radius 1 is 1.16 bits per heavy atom. The van der Waals surface area contributed by atoms with Gasteiger partial charge in [0.15, 0.2) is 0 Å². The van der Waals surface area contributed by atoms with E-state index in [1.54, 1.807) is 12.3 Å². The summed E-state index contributed by atoms with van der Waals surface area (Å²) >= 11 is 0. The van der Waals surface area contributed by atoms with Crippen LogP contribution in [-0.4, -0.2) is 36.3 Å². The van der Waals surface area contributed by atoms with Crippen molar-refractivity contribution in [3.05, 3.63) is 53.7 Å². The molecular weight excluding hydrogens is 314 g/mol. The molecule has 1 saturated carbocycles. The van der Waals surface area contributed by atoms with Crippen LogP contribution >= 0.6 is 0 Å². The number of para-hydroxylation sites is 1. The lowest BCUT2D eigenvalue weighted by Crippen LogP contribution is -2.35. The van der Waals surface area contributed by atoms with Gasteiger partial charge in [0, 0.05) is 25.0 Å². The Balaban J connectivity index is 1.86. The maximum atomic E-state index is 13.0. The summed E-state index contributed by atoms with van der Waals surface area (Å²) in [5, 5.41) is 0. The Kier molecular flexibility index (Phi) is 4.83. The molecule has 0 bridgehead atoms. The van der Waals surface area contributed by atoms with E-state index in [0.29, 0.717) is 11.6 Å². The van der Waals surface area contributed by atoms with Gasteiger partial charge < -0.3 is 9.80 Å². The number of hydrogen-bond donors (Lipinski definition) is 0. The molecule has 0 spiro atoms. The third kappa shape index (κ3) is 3.87. The van der Waals surface area contributed by atoms with Crippen LogP contribution < -0.4 is 9.80 Å². The topological polar surface area (TPSA) is 53.5 Å². The van der Waals surface area contributed by atoms with Crippen molar-refractivity contribution in [2.75, 3.05) is 23.4 Å². The average Bonchev–Trinajstić information content (AvgIpc) is 3.44. The first kappa shape index (κ1) is 17.1. The summed E-state index contributed by atoms with van der Waals surface area (Å²) < 4.78 is 0. The number of amides is 1. The summed E-state index contributed by atoms with van der Waals surface area (Å²) in [4.78, 5) is 32.8. The summed E-state index contributed by atoms with van der Waals surface area (Å²) in [6.07, 6.45) is 3.99. The van der Waals surface area contributed by atoms with Crippen molar-refractivity contribution in [2.45, 2.75) is 32.7 Å². The zero-order valence-electron chi connectivity index (χ0n) is 14.9. The smallest absolute Gasteiger partial charge is 0.260 e. The summed E-state index contributed by atoms with van der Waals surface area (Å²) in [5.41, 5.74) is 2.19. The van der Waals surface area contributed by atoms with Crippen molar-refractivity contribution in [1.82, 2.24) is 4.98 Å². The van der Waals surface area contributed by atoms with Crippen LogP contribution in [0.4, 0.5) is 11.5 Å². The highest BCUT2D eigenvalue weighted by Gasteiger charge is 2.27. The molecule has 1 aromatic heterocycles. The lowest BCUT2D eigenvalue weighted by atomic mass is 10.1. The lowest BCUT2D eigenvalue weighted by molar-refractivity contribution is -0.115. The molecule has 1 heterocycles. The summed E-state index contributed by atoms with van der Waals surface area (Å²) in [6.45, 7) is 3.47. The van der Waals surface area contributed by atoms with E-state index in [2.05, 4.69) is 9.88 Å². The molecule has 1 fully saturated rings. The van der Waals surface area contributed by atoms with Gasteiger partial charge in [-0.25, -0.2) is 4.98 Å². The molecule has 5 nitrogen and oxygen atoms in total. The number of rotatable bonds is 6. The number of carbonyl (C=O) groups excluding carboxylic acids is 2. The number of nitrogens with zero attached hydrogens (tertiary/aromatic N) is 3. The molecule has 0 atom stereocenters. The minimum absolute atomic E-state index is 0.0490. The van der Waals surface area contributed by atoms with Gasteiger partial charge in [0.2, 0.25) is 0 Å². The van der Waals surface area contributed by atoms with E-state index in [1.807, 2.05) is 44.3 Å². The van der Waals surface area contributed by atoms with Crippen LogP contribution in [0.15, 0.2) is 42.6 Å². The van der Waals surface area contributed by atoms with Gasteiger partial charge in [-0.3, -0.25) is 9.59 Å². The van der Waals surface area contributed by atoms with Gasteiger partial charge in [-0.2, -0.15) is 0 Å². The highest BCUT2D eigenvalue weighted by atomic mass is 16.2. The van der Waals surface area contributed by atoms with Crippen molar-refractivity contribution in [3.8, 4) is 0 Å². The van der Waals surface area contributed by atoms with Gasteiger partial charge >= 0.3 is 0 Å². The Labute approximate surface area is 148 Å². The van der Waals surface area contributed by atoms with Crippen LogP contribution in [0.2, 0.25) is 0 Å². The van der Waals surface area contributed by atoms with Crippen molar-refractivity contribution in [2.24, 2.45) is 0 Å². The Morgan fingerprint density at radius 3 is 2.44 bits per heavy atom. The monoisotopic (exact) mass is 337 g/mol. The molecule has 0 radical (unpaired) electrons. The standard InChI is InChI=1S/C20H23N3O2/c1-14-6-4-5-7-18(14)23(13-15(2)24)20(25)16-8-11-19(21-12-16)22(3)17-9-10-17/h4-8,11-12,17H,9-10,13H2,1-3H3. The number of aromatic nitrogens is 1. The lowest BCUT2D eigenvalue weighted by Gasteiger charge is -2.24. The second-order valence-electron chi connectivity index (χ2n) is 6.63. The van der Waals surface area contributed by atoms with E-state index in [1.165, 1.54) is 24.7 Å². The van der Waals surface area contributed by atoms with Crippen LogP contribution in [0.5, 0.6) is 0 Å². The summed E-state index contributed by atoms with van der Waals surface area (Å²) in [7, 11) is 2.02. The maximum absolute atomic E-state index is 13.0. The minimum atomic E-state index is -0.211. The van der Waals surface area contributed by atoms with Crippen molar-refractivity contribution >= 4 is 23.2 Å². The molecule has 0 N–H and O–H groups in total. The molecule has 2 aromatic rings. The van der Waals surface area contributed by atoms with E-state index in [0.717, 1.165) is 17.1 Å². The largest absolute Gasteiger partial charge is 0.357 e. The molecule has 1 aliphatic rings. The zero-order valence-corrected chi connectivity index (χ0v) is 14.9. The highest BCUT2D eigenvalue weighted by Crippen LogP contribution is 2.29.